The Labute approximate surface area is 129 Å². The third-order valence-corrected chi connectivity index (χ3v) is 6.47. The van der Waals surface area contributed by atoms with E-state index in [4.69, 9.17) is 0 Å². The Hall–Kier alpha value is -0.850. The summed E-state index contributed by atoms with van der Waals surface area (Å²) in [6, 6.07) is 7.09. The van der Waals surface area contributed by atoms with Crippen LogP contribution in [-0.2, 0) is 11.8 Å². The van der Waals surface area contributed by atoms with Crippen LogP contribution in [0.2, 0.25) is 0 Å². The van der Waals surface area contributed by atoms with Crippen molar-refractivity contribution in [2.45, 2.75) is 71.1 Å². The van der Waals surface area contributed by atoms with Crippen molar-refractivity contribution in [2.24, 2.45) is 11.3 Å². The molecule has 21 heavy (non-hydrogen) atoms. The molecule has 0 bridgehead atoms. The normalized spacial score (nSPS) is 35.4. The van der Waals surface area contributed by atoms with E-state index in [2.05, 4.69) is 45.9 Å². The minimum atomic E-state index is -0.160. The van der Waals surface area contributed by atoms with Crippen LogP contribution in [0.25, 0.3) is 0 Å². The fourth-order valence-electron chi connectivity index (χ4n) is 5.16. The predicted octanol–water partition coefficient (Wildman–Crippen LogP) is 5.79. The largest absolute Gasteiger partial charge is 0.250 e. The number of aryl methyl sites for hydroxylation is 1. The van der Waals surface area contributed by atoms with Gasteiger partial charge in [0.05, 0.1) is 6.67 Å². The summed E-state index contributed by atoms with van der Waals surface area (Å²) < 4.78 is 13.7. The van der Waals surface area contributed by atoms with Gasteiger partial charge in [0.25, 0.3) is 0 Å². The van der Waals surface area contributed by atoms with E-state index in [-0.39, 0.29) is 17.5 Å². The molecular weight excluding hydrogens is 259 g/mol. The van der Waals surface area contributed by atoms with Crippen molar-refractivity contribution < 1.29 is 4.39 Å². The highest BCUT2D eigenvalue weighted by atomic mass is 19.1. The first-order valence-corrected chi connectivity index (χ1v) is 8.60. The van der Waals surface area contributed by atoms with Crippen LogP contribution in [-0.4, -0.2) is 6.67 Å². The number of hydrogen-bond acceptors (Lipinski definition) is 0. The first-order valence-electron chi connectivity index (χ1n) is 8.60. The second-order valence-electron chi connectivity index (χ2n) is 8.22. The molecule has 0 radical (unpaired) electrons. The molecule has 0 heterocycles. The van der Waals surface area contributed by atoms with Gasteiger partial charge in [0, 0.05) is 0 Å². The van der Waals surface area contributed by atoms with E-state index >= 15 is 0 Å². The second kappa shape index (κ2) is 5.11. The second-order valence-corrected chi connectivity index (χ2v) is 8.22. The van der Waals surface area contributed by atoms with Crippen LogP contribution in [0.1, 0.15) is 76.0 Å². The van der Waals surface area contributed by atoms with Gasteiger partial charge in [-0.05, 0) is 65.0 Å². The van der Waals surface area contributed by atoms with Gasteiger partial charge in [-0.25, -0.2) is 0 Å². The van der Waals surface area contributed by atoms with Crippen molar-refractivity contribution in [3.05, 3.63) is 34.9 Å². The molecule has 1 aromatic rings. The number of alkyl halides is 1. The van der Waals surface area contributed by atoms with E-state index in [0.717, 1.165) is 19.3 Å². The van der Waals surface area contributed by atoms with E-state index in [9.17, 15) is 4.39 Å². The molecule has 0 saturated heterocycles. The standard InChI is InChI=1S/C20H29F/c1-14(2)15-6-8-17-16(12-15)7-9-18-19(3,13-21)10-5-11-20(17,18)4/h6,8,12,14,18H,5,7,9-11,13H2,1-4H3. The van der Waals surface area contributed by atoms with Gasteiger partial charge in [-0.1, -0.05) is 52.3 Å². The quantitative estimate of drug-likeness (QED) is 0.646. The van der Waals surface area contributed by atoms with Crippen LogP contribution in [0.3, 0.4) is 0 Å². The van der Waals surface area contributed by atoms with Crippen molar-refractivity contribution >= 4 is 0 Å². The molecule has 0 N–H and O–H groups in total. The highest BCUT2D eigenvalue weighted by Crippen LogP contribution is 2.57. The molecule has 0 aromatic heterocycles. The Morgan fingerprint density at radius 1 is 1.24 bits per heavy atom. The van der Waals surface area contributed by atoms with E-state index < -0.39 is 0 Å². The average Bonchev–Trinajstić information content (AvgIpc) is 2.46. The summed E-state index contributed by atoms with van der Waals surface area (Å²) in [5.41, 5.74) is 4.56. The molecule has 1 fully saturated rings. The minimum Gasteiger partial charge on any atom is -0.250 e. The van der Waals surface area contributed by atoms with Gasteiger partial charge in [-0.3, -0.25) is 4.39 Å². The highest BCUT2D eigenvalue weighted by Gasteiger charge is 2.51. The third-order valence-electron chi connectivity index (χ3n) is 6.47. The SMILES string of the molecule is CC(C)c1ccc2c(c1)CCC1C(C)(CF)CCCC21C. The summed E-state index contributed by atoms with van der Waals surface area (Å²) in [5.74, 6) is 1.09. The Morgan fingerprint density at radius 2 is 2.00 bits per heavy atom. The summed E-state index contributed by atoms with van der Waals surface area (Å²) in [6.45, 7) is 8.94. The molecule has 1 heteroatoms. The molecule has 3 atom stereocenters. The smallest absolute Gasteiger partial charge is 0.0950 e. The molecule has 0 spiro atoms. The molecule has 3 rings (SSSR count). The first kappa shape index (κ1) is 15.1. The lowest BCUT2D eigenvalue weighted by Crippen LogP contribution is -2.50. The molecule has 3 unspecified atom stereocenters. The van der Waals surface area contributed by atoms with Gasteiger partial charge in [0.15, 0.2) is 0 Å². The van der Waals surface area contributed by atoms with E-state index in [1.807, 2.05) is 0 Å². The summed E-state index contributed by atoms with van der Waals surface area (Å²) >= 11 is 0. The predicted molar refractivity (Wildman–Crippen MR) is 87.6 cm³/mol. The molecule has 2 aliphatic rings. The fourth-order valence-corrected chi connectivity index (χ4v) is 5.16. The zero-order valence-corrected chi connectivity index (χ0v) is 14.0. The first-order chi connectivity index (χ1) is 9.90. The number of benzene rings is 1. The van der Waals surface area contributed by atoms with Gasteiger partial charge in [-0.2, -0.15) is 0 Å². The van der Waals surface area contributed by atoms with Gasteiger partial charge < -0.3 is 0 Å². The van der Waals surface area contributed by atoms with Crippen LogP contribution < -0.4 is 0 Å². The molecule has 116 valence electrons. The topological polar surface area (TPSA) is 0 Å². The number of rotatable bonds is 2. The molecule has 0 aliphatic heterocycles. The lowest BCUT2D eigenvalue weighted by Gasteiger charge is -2.54. The molecule has 1 aromatic carbocycles. The lowest BCUT2D eigenvalue weighted by molar-refractivity contribution is 0.00649. The van der Waals surface area contributed by atoms with Crippen LogP contribution in [0, 0.1) is 11.3 Å². The maximum absolute atomic E-state index is 13.7. The van der Waals surface area contributed by atoms with Crippen molar-refractivity contribution in [2.75, 3.05) is 6.67 Å². The van der Waals surface area contributed by atoms with Crippen LogP contribution in [0.5, 0.6) is 0 Å². The van der Waals surface area contributed by atoms with Crippen LogP contribution >= 0.6 is 0 Å². The highest BCUT2D eigenvalue weighted by molar-refractivity contribution is 5.42. The van der Waals surface area contributed by atoms with Gasteiger partial charge >= 0.3 is 0 Å². The van der Waals surface area contributed by atoms with Crippen molar-refractivity contribution in [1.29, 1.82) is 0 Å². The van der Waals surface area contributed by atoms with Crippen molar-refractivity contribution in [3.63, 3.8) is 0 Å². The Balaban J connectivity index is 2.05. The van der Waals surface area contributed by atoms with E-state index in [1.54, 1.807) is 0 Å². The Bertz CT molecular complexity index is 533. The molecule has 0 amide bonds. The molecule has 1 saturated carbocycles. The number of fused-ring (bicyclic) bond motifs is 3. The Morgan fingerprint density at radius 3 is 2.67 bits per heavy atom. The fraction of sp³-hybridized carbons (Fsp3) is 0.700. The van der Waals surface area contributed by atoms with Crippen molar-refractivity contribution in [3.8, 4) is 0 Å². The van der Waals surface area contributed by atoms with Crippen molar-refractivity contribution in [1.82, 2.24) is 0 Å². The summed E-state index contributed by atoms with van der Waals surface area (Å²) in [7, 11) is 0. The number of hydrogen-bond donors (Lipinski definition) is 0. The van der Waals surface area contributed by atoms with Crippen LogP contribution in [0.15, 0.2) is 18.2 Å². The third kappa shape index (κ3) is 2.24. The van der Waals surface area contributed by atoms with E-state index in [1.165, 1.54) is 29.5 Å². The lowest BCUT2D eigenvalue weighted by atomic mass is 9.50. The maximum Gasteiger partial charge on any atom is 0.0950 e. The zero-order valence-electron chi connectivity index (χ0n) is 14.0. The zero-order chi connectivity index (χ0) is 15.3. The van der Waals surface area contributed by atoms with Gasteiger partial charge in [0.2, 0.25) is 0 Å². The van der Waals surface area contributed by atoms with Crippen LogP contribution in [0.4, 0.5) is 4.39 Å². The van der Waals surface area contributed by atoms with Gasteiger partial charge in [-0.15, -0.1) is 0 Å². The molecule has 0 nitrogen and oxygen atoms in total. The Kier molecular flexibility index (Phi) is 3.66. The van der Waals surface area contributed by atoms with E-state index in [0.29, 0.717) is 11.8 Å². The summed E-state index contributed by atoms with van der Waals surface area (Å²) in [4.78, 5) is 0. The monoisotopic (exact) mass is 288 g/mol. The maximum atomic E-state index is 13.7. The number of halogens is 1. The van der Waals surface area contributed by atoms with Gasteiger partial charge in [0.1, 0.15) is 0 Å². The minimum absolute atomic E-state index is 0.110. The summed E-state index contributed by atoms with van der Waals surface area (Å²) in [6.07, 6.45) is 5.74. The molecule has 2 aliphatic carbocycles. The average molecular weight is 288 g/mol. The summed E-state index contributed by atoms with van der Waals surface area (Å²) in [5, 5.41) is 0. The molecular formula is C20H29F.